The Balaban J connectivity index is 1.47. The predicted octanol–water partition coefficient (Wildman–Crippen LogP) is -0.648. The van der Waals surface area contributed by atoms with Gasteiger partial charge in [-0.2, -0.15) is 4.98 Å². The smallest absolute Gasteiger partial charge is 0.326 e. The molecule has 2 aromatic heterocycles. The number of nitrogens with one attached hydrogen (secondary N) is 4. The predicted molar refractivity (Wildman–Crippen MR) is 142 cm³/mol. The number of nitrogens with two attached hydrogens (primary N) is 2. The normalized spacial score (nSPS) is 11.6. The van der Waals surface area contributed by atoms with Crippen LogP contribution in [-0.2, 0) is 20.9 Å². The van der Waals surface area contributed by atoms with Gasteiger partial charge >= 0.3 is 5.97 Å². The van der Waals surface area contributed by atoms with E-state index in [0.29, 0.717) is 44.1 Å². The van der Waals surface area contributed by atoms with Gasteiger partial charge in [0, 0.05) is 37.4 Å². The number of hydrogen-bond acceptors (Lipinski definition) is 11. The van der Waals surface area contributed by atoms with E-state index in [-0.39, 0.29) is 48.0 Å². The standard InChI is InChI=1S/C24H31N9O6/c25-8-11-39-10-1-9-27-18(34)7-6-17(23(37)38)31-21(35)14-2-4-15(5-3-14)28-12-16-13-29-20-19(30-16)22(36)33-24(26)32-20/h2-5,13,17,28H,1,6-12,25H2,(H,27,34)(H,31,35)(H,37,38)(H3,26,29,32,33,36). The van der Waals surface area contributed by atoms with Crippen LogP contribution in [-0.4, -0.2) is 75.2 Å². The number of carbonyl (C=O) groups is 3. The van der Waals surface area contributed by atoms with Gasteiger partial charge in [0.05, 0.1) is 25.0 Å². The van der Waals surface area contributed by atoms with Crippen LogP contribution in [0.3, 0.4) is 0 Å². The van der Waals surface area contributed by atoms with Crippen LogP contribution in [0.5, 0.6) is 0 Å². The van der Waals surface area contributed by atoms with Gasteiger partial charge < -0.3 is 37.3 Å². The molecule has 0 bridgehead atoms. The maximum absolute atomic E-state index is 12.6. The van der Waals surface area contributed by atoms with Crippen molar-refractivity contribution in [1.82, 2.24) is 30.6 Å². The van der Waals surface area contributed by atoms with E-state index in [1.165, 1.54) is 18.3 Å². The maximum atomic E-state index is 12.6. The largest absolute Gasteiger partial charge is 0.480 e. The third-order valence-corrected chi connectivity index (χ3v) is 5.42. The summed E-state index contributed by atoms with van der Waals surface area (Å²) >= 11 is 0. The Bertz CT molecular complexity index is 1350. The average Bonchev–Trinajstić information content (AvgIpc) is 2.91. The molecule has 2 amide bonds. The summed E-state index contributed by atoms with van der Waals surface area (Å²) in [5.74, 6) is -2.19. The van der Waals surface area contributed by atoms with E-state index in [0.717, 1.165) is 0 Å². The van der Waals surface area contributed by atoms with Crippen LogP contribution in [0.1, 0.15) is 35.3 Å². The fourth-order valence-corrected chi connectivity index (χ4v) is 3.44. The zero-order chi connectivity index (χ0) is 28.2. The molecule has 0 aliphatic carbocycles. The first kappa shape index (κ1) is 28.9. The molecular formula is C24H31N9O6. The quantitative estimate of drug-likeness (QED) is 0.119. The van der Waals surface area contributed by atoms with Crippen LogP contribution in [0.25, 0.3) is 11.2 Å². The number of carboxylic acid groups (broad SMARTS) is 1. The highest BCUT2D eigenvalue weighted by Gasteiger charge is 2.21. The van der Waals surface area contributed by atoms with Crippen molar-refractivity contribution in [2.75, 3.05) is 37.4 Å². The second kappa shape index (κ2) is 14.3. The molecule has 0 spiro atoms. The number of carboxylic acids is 1. The number of nitrogens with zero attached hydrogens (tertiary/aromatic N) is 3. The summed E-state index contributed by atoms with van der Waals surface area (Å²) in [7, 11) is 0. The van der Waals surface area contributed by atoms with Gasteiger partial charge in [0.2, 0.25) is 11.9 Å². The van der Waals surface area contributed by atoms with Crippen molar-refractivity contribution in [3.63, 3.8) is 0 Å². The van der Waals surface area contributed by atoms with Crippen molar-refractivity contribution < 1.29 is 24.2 Å². The number of anilines is 2. The van der Waals surface area contributed by atoms with E-state index in [1.807, 2.05) is 0 Å². The molecule has 208 valence electrons. The van der Waals surface area contributed by atoms with E-state index < -0.39 is 23.5 Å². The summed E-state index contributed by atoms with van der Waals surface area (Å²) < 4.78 is 5.21. The van der Waals surface area contributed by atoms with Gasteiger partial charge in [-0.15, -0.1) is 0 Å². The molecule has 0 saturated heterocycles. The molecule has 15 heteroatoms. The Morgan fingerprint density at radius 2 is 1.90 bits per heavy atom. The summed E-state index contributed by atoms with van der Waals surface area (Å²) in [5, 5.41) is 17.7. The summed E-state index contributed by atoms with van der Waals surface area (Å²) in [4.78, 5) is 62.8. The number of aromatic amines is 1. The van der Waals surface area contributed by atoms with Crippen LogP contribution in [0.2, 0.25) is 0 Å². The van der Waals surface area contributed by atoms with Crippen molar-refractivity contribution >= 4 is 40.6 Å². The van der Waals surface area contributed by atoms with Gasteiger partial charge in [-0.3, -0.25) is 19.4 Å². The molecule has 0 aliphatic rings. The van der Waals surface area contributed by atoms with Crippen LogP contribution >= 0.6 is 0 Å². The summed E-state index contributed by atoms with van der Waals surface area (Å²) in [5.41, 5.74) is 11.9. The number of amides is 2. The molecular weight excluding hydrogens is 510 g/mol. The highest BCUT2D eigenvalue weighted by atomic mass is 16.5. The summed E-state index contributed by atoms with van der Waals surface area (Å²) in [6.07, 6.45) is 1.95. The lowest BCUT2D eigenvalue weighted by Gasteiger charge is -2.15. The molecule has 0 saturated carbocycles. The molecule has 2 heterocycles. The lowest BCUT2D eigenvalue weighted by Crippen LogP contribution is -2.41. The number of H-pyrrole nitrogens is 1. The molecule has 3 rings (SSSR count). The average molecular weight is 542 g/mol. The second-order valence-corrected chi connectivity index (χ2v) is 8.42. The third-order valence-electron chi connectivity index (χ3n) is 5.42. The summed E-state index contributed by atoms with van der Waals surface area (Å²) in [6, 6.07) is 5.10. The van der Waals surface area contributed by atoms with Crippen molar-refractivity contribution in [3.05, 3.63) is 52.1 Å². The number of aromatic nitrogens is 4. The van der Waals surface area contributed by atoms with Crippen LogP contribution in [0.4, 0.5) is 11.6 Å². The van der Waals surface area contributed by atoms with Crippen LogP contribution in [0.15, 0.2) is 35.3 Å². The van der Waals surface area contributed by atoms with Gasteiger partial charge in [0.15, 0.2) is 11.2 Å². The number of fused-ring (bicyclic) bond motifs is 1. The fraction of sp³-hybridized carbons (Fsp3) is 0.375. The van der Waals surface area contributed by atoms with E-state index in [1.54, 1.807) is 12.1 Å². The lowest BCUT2D eigenvalue weighted by molar-refractivity contribution is -0.139. The summed E-state index contributed by atoms with van der Waals surface area (Å²) in [6.45, 7) is 1.97. The molecule has 0 aliphatic heterocycles. The zero-order valence-electron chi connectivity index (χ0n) is 21.1. The molecule has 9 N–H and O–H groups in total. The molecule has 0 radical (unpaired) electrons. The van der Waals surface area contributed by atoms with Crippen molar-refractivity contribution in [3.8, 4) is 0 Å². The Kier molecular flexibility index (Phi) is 10.6. The van der Waals surface area contributed by atoms with Crippen molar-refractivity contribution in [2.24, 2.45) is 5.73 Å². The van der Waals surface area contributed by atoms with E-state index >= 15 is 0 Å². The zero-order valence-corrected chi connectivity index (χ0v) is 21.1. The topological polar surface area (TPSA) is 240 Å². The SMILES string of the molecule is NCCOCCCNC(=O)CCC(NC(=O)c1ccc(NCc2cnc3nc(N)[nH]c(=O)c3n2)cc1)C(=O)O. The highest BCUT2D eigenvalue weighted by molar-refractivity contribution is 5.97. The number of aliphatic carboxylic acids is 1. The molecule has 15 nitrogen and oxygen atoms in total. The maximum Gasteiger partial charge on any atom is 0.326 e. The minimum absolute atomic E-state index is 0.0480. The Morgan fingerprint density at radius 1 is 1.13 bits per heavy atom. The molecule has 3 aromatic rings. The first-order valence-corrected chi connectivity index (χ1v) is 12.2. The van der Waals surface area contributed by atoms with Gasteiger partial charge in [-0.25, -0.2) is 14.8 Å². The van der Waals surface area contributed by atoms with Gasteiger partial charge in [-0.1, -0.05) is 0 Å². The molecule has 1 unspecified atom stereocenters. The number of ether oxygens (including phenoxy) is 1. The minimum Gasteiger partial charge on any atom is -0.480 e. The van der Waals surface area contributed by atoms with Crippen LogP contribution in [0, 0.1) is 0 Å². The number of carbonyl (C=O) groups excluding carboxylic acids is 2. The van der Waals surface area contributed by atoms with E-state index in [2.05, 4.69) is 35.9 Å². The van der Waals surface area contributed by atoms with E-state index in [4.69, 9.17) is 16.2 Å². The number of hydrogen-bond donors (Lipinski definition) is 7. The fourth-order valence-electron chi connectivity index (χ4n) is 3.44. The monoisotopic (exact) mass is 541 g/mol. The molecule has 39 heavy (non-hydrogen) atoms. The van der Waals surface area contributed by atoms with Crippen molar-refractivity contribution in [2.45, 2.75) is 31.8 Å². The number of rotatable bonds is 15. The Labute approximate surface area is 222 Å². The van der Waals surface area contributed by atoms with Gasteiger partial charge in [0.1, 0.15) is 6.04 Å². The first-order valence-electron chi connectivity index (χ1n) is 12.2. The highest BCUT2D eigenvalue weighted by Crippen LogP contribution is 2.12. The van der Waals surface area contributed by atoms with Crippen molar-refractivity contribution in [1.29, 1.82) is 0 Å². The molecule has 1 aromatic carbocycles. The Morgan fingerprint density at radius 3 is 2.62 bits per heavy atom. The van der Waals surface area contributed by atoms with Gasteiger partial charge in [-0.05, 0) is 37.1 Å². The van der Waals surface area contributed by atoms with Gasteiger partial charge in [0.25, 0.3) is 11.5 Å². The van der Waals surface area contributed by atoms with E-state index in [9.17, 15) is 24.3 Å². The molecule has 0 fully saturated rings. The number of benzene rings is 1. The Hall–Kier alpha value is -4.63. The first-order chi connectivity index (χ1) is 18.8. The van der Waals surface area contributed by atoms with Crippen LogP contribution < -0.4 is 33.0 Å². The third kappa shape index (κ3) is 9.01. The lowest BCUT2D eigenvalue weighted by atomic mass is 10.1. The minimum atomic E-state index is -1.24. The number of nitrogen functional groups attached to an aromatic ring is 1. The molecule has 1 atom stereocenters. The second-order valence-electron chi connectivity index (χ2n) is 8.42.